The Bertz CT molecular complexity index is 532. The Kier molecular flexibility index (Phi) is 6.43. The van der Waals surface area contributed by atoms with Crippen molar-refractivity contribution in [2.75, 3.05) is 26.2 Å². The topological polar surface area (TPSA) is 71.8 Å². The van der Waals surface area contributed by atoms with E-state index in [1.807, 2.05) is 26.4 Å². The van der Waals surface area contributed by atoms with Crippen molar-refractivity contribution in [1.29, 1.82) is 0 Å². The zero-order valence-electron chi connectivity index (χ0n) is 14.3. The summed E-state index contributed by atoms with van der Waals surface area (Å²) >= 11 is 0. The molecule has 2 heterocycles. The van der Waals surface area contributed by atoms with Gasteiger partial charge in [0.05, 0.1) is 25.3 Å². The van der Waals surface area contributed by atoms with Crippen LogP contribution in [0.3, 0.4) is 0 Å². The van der Waals surface area contributed by atoms with Crippen LogP contribution in [-0.4, -0.2) is 52.9 Å². The first-order valence-corrected chi connectivity index (χ1v) is 8.31. The first-order valence-electron chi connectivity index (χ1n) is 8.31. The van der Waals surface area contributed by atoms with Crippen LogP contribution in [0, 0.1) is 5.92 Å². The summed E-state index contributed by atoms with van der Waals surface area (Å²) in [6.07, 6.45) is 5.44. The molecule has 0 unspecified atom stereocenters. The molecule has 1 saturated heterocycles. The molecule has 0 spiro atoms. The molecular weight excluding hydrogens is 294 g/mol. The molecule has 128 valence electrons. The SMILES string of the molecule is CCNC(=NCc1cnn(C)c1)N1CCC(C(=O)OCC)CC1. The van der Waals surface area contributed by atoms with E-state index in [1.165, 1.54) is 0 Å². The molecule has 1 aliphatic heterocycles. The van der Waals surface area contributed by atoms with Crippen LogP contribution in [0.4, 0.5) is 0 Å². The van der Waals surface area contributed by atoms with Crippen LogP contribution in [0.15, 0.2) is 17.4 Å². The fourth-order valence-electron chi connectivity index (χ4n) is 2.73. The molecule has 1 aromatic rings. The Labute approximate surface area is 137 Å². The molecule has 23 heavy (non-hydrogen) atoms. The lowest BCUT2D eigenvalue weighted by atomic mass is 9.97. The molecule has 1 aliphatic rings. The van der Waals surface area contributed by atoms with Gasteiger partial charge >= 0.3 is 5.97 Å². The Morgan fingerprint density at radius 2 is 2.17 bits per heavy atom. The quantitative estimate of drug-likeness (QED) is 0.500. The summed E-state index contributed by atoms with van der Waals surface area (Å²) in [6.45, 7) is 7.43. The van der Waals surface area contributed by atoms with Crippen molar-refractivity contribution in [3.8, 4) is 0 Å². The lowest BCUT2D eigenvalue weighted by molar-refractivity contribution is -0.149. The molecule has 2 rings (SSSR count). The molecule has 7 nitrogen and oxygen atoms in total. The molecular formula is C16H27N5O2. The van der Waals surface area contributed by atoms with Gasteiger partial charge in [0.25, 0.3) is 0 Å². The number of nitrogens with zero attached hydrogens (tertiary/aromatic N) is 4. The summed E-state index contributed by atoms with van der Waals surface area (Å²) < 4.78 is 6.90. The number of rotatable bonds is 5. The number of piperidine rings is 1. The summed E-state index contributed by atoms with van der Waals surface area (Å²) in [4.78, 5) is 18.7. The van der Waals surface area contributed by atoms with Gasteiger partial charge in [0, 0.05) is 38.4 Å². The number of carbonyl (C=O) groups is 1. The first kappa shape index (κ1) is 17.3. The highest BCUT2D eigenvalue weighted by molar-refractivity contribution is 5.80. The molecule has 0 radical (unpaired) electrons. The minimum Gasteiger partial charge on any atom is -0.466 e. The van der Waals surface area contributed by atoms with Crippen molar-refractivity contribution in [2.24, 2.45) is 18.0 Å². The maximum Gasteiger partial charge on any atom is 0.309 e. The molecule has 0 aliphatic carbocycles. The third-order valence-electron chi connectivity index (χ3n) is 3.92. The van der Waals surface area contributed by atoms with Crippen LogP contribution in [0.5, 0.6) is 0 Å². The number of aliphatic imine (C=N–C) groups is 1. The maximum absolute atomic E-state index is 11.8. The second kappa shape index (κ2) is 8.55. The fourth-order valence-corrected chi connectivity index (χ4v) is 2.73. The van der Waals surface area contributed by atoms with Gasteiger partial charge in [0.2, 0.25) is 0 Å². The third kappa shape index (κ3) is 4.97. The Balaban J connectivity index is 1.92. The van der Waals surface area contributed by atoms with Gasteiger partial charge in [-0.25, -0.2) is 4.99 Å². The zero-order chi connectivity index (χ0) is 16.7. The first-order chi connectivity index (χ1) is 11.1. The van der Waals surface area contributed by atoms with E-state index in [2.05, 4.69) is 27.2 Å². The van der Waals surface area contributed by atoms with E-state index in [0.717, 1.165) is 44.0 Å². The molecule has 1 N–H and O–H groups in total. The molecule has 0 aromatic carbocycles. The summed E-state index contributed by atoms with van der Waals surface area (Å²) in [5.41, 5.74) is 1.09. The monoisotopic (exact) mass is 321 g/mol. The average Bonchev–Trinajstić information content (AvgIpc) is 2.97. The number of likely N-dealkylation sites (tertiary alicyclic amines) is 1. The van der Waals surface area contributed by atoms with Crippen molar-refractivity contribution < 1.29 is 9.53 Å². The van der Waals surface area contributed by atoms with Gasteiger partial charge in [0.15, 0.2) is 5.96 Å². The highest BCUT2D eigenvalue weighted by Crippen LogP contribution is 2.19. The van der Waals surface area contributed by atoms with Gasteiger partial charge in [-0.2, -0.15) is 5.10 Å². The number of aryl methyl sites for hydroxylation is 1. The molecule has 0 saturated carbocycles. The predicted octanol–water partition coefficient (Wildman–Crippen LogP) is 1.16. The van der Waals surface area contributed by atoms with Gasteiger partial charge in [-0.15, -0.1) is 0 Å². The highest BCUT2D eigenvalue weighted by Gasteiger charge is 2.27. The molecule has 1 aromatic heterocycles. The average molecular weight is 321 g/mol. The second-order valence-electron chi connectivity index (χ2n) is 5.71. The van der Waals surface area contributed by atoms with Crippen molar-refractivity contribution in [3.05, 3.63) is 18.0 Å². The van der Waals surface area contributed by atoms with Crippen LogP contribution in [0.1, 0.15) is 32.3 Å². The number of hydrogen-bond donors (Lipinski definition) is 1. The Hall–Kier alpha value is -2.05. The van der Waals surface area contributed by atoms with Gasteiger partial charge < -0.3 is 15.0 Å². The van der Waals surface area contributed by atoms with Crippen molar-refractivity contribution in [3.63, 3.8) is 0 Å². The van der Waals surface area contributed by atoms with Crippen LogP contribution in [0.2, 0.25) is 0 Å². The van der Waals surface area contributed by atoms with Gasteiger partial charge in [0.1, 0.15) is 0 Å². The minimum atomic E-state index is -0.0653. The lowest BCUT2D eigenvalue weighted by Crippen LogP contribution is -2.46. The van der Waals surface area contributed by atoms with Gasteiger partial charge in [-0.05, 0) is 26.7 Å². The number of nitrogens with one attached hydrogen (secondary N) is 1. The zero-order valence-corrected chi connectivity index (χ0v) is 14.3. The maximum atomic E-state index is 11.8. The molecule has 1 fully saturated rings. The van der Waals surface area contributed by atoms with Crippen LogP contribution in [0.25, 0.3) is 0 Å². The van der Waals surface area contributed by atoms with Crippen LogP contribution in [-0.2, 0) is 23.1 Å². The smallest absolute Gasteiger partial charge is 0.309 e. The van der Waals surface area contributed by atoms with Crippen molar-refractivity contribution >= 4 is 11.9 Å². The predicted molar refractivity (Wildman–Crippen MR) is 89.0 cm³/mol. The van der Waals surface area contributed by atoms with E-state index in [1.54, 1.807) is 4.68 Å². The molecule has 0 bridgehead atoms. The van der Waals surface area contributed by atoms with E-state index in [0.29, 0.717) is 13.2 Å². The van der Waals surface area contributed by atoms with Crippen molar-refractivity contribution in [1.82, 2.24) is 20.0 Å². The van der Waals surface area contributed by atoms with E-state index in [-0.39, 0.29) is 11.9 Å². The van der Waals surface area contributed by atoms with Gasteiger partial charge in [-0.3, -0.25) is 9.48 Å². The summed E-state index contributed by atoms with van der Waals surface area (Å²) in [6, 6.07) is 0. The minimum absolute atomic E-state index is 0.0207. The standard InChI is InChI=1S/C16H27N5O2/c1-4-17-16(18-10-13-11-19-20(3)12-13)21-8-6-14(7-9-21)15(22)23-5-2/h11-12,14H,4-10H2,1-3H3,(H,17,18). The summed E-state index contributed by atoms with van der Waals surface area (Å²) in [7, 11) is 1.90. The summed E-state index contributed by atoms with van der Waals surface area (Å²) in [5.74, 6) is 0.857. The number of guanidine groups is 1. The third-order valence-corrected chi connectivity index (χ3v) is 3.92. The number of carbonyl (C=O) groups excluding carboxylic acids is 1. The normalized spacial score (nSPS) is 16.5. The molecule has 0 atom stereocenters. The van der Waals surface area contributed by atoms with E-state index in [4.69, 9.17) is 4.74 Å². The van der Waals surface area contributed by atoms with E-state index < -0.39 is 0 Å². The van der Waals surface area contributed by atoms with Crippen molar-refractivity contribution in [2.45, 2.75) is 33.2 Å². The second-order valence-corrected chi connectivity index (χ2v) is 5.71. The van der Waals surface area contributed by atoms with E-state index in [9.17, 15) is 4.79 Å². The fraction of sp³-hybridized carbons (Fsp3) is 0.688. The highest BCUT2D eigenvalue weighted by atomic mass is 16.5. The van der Waals surface area contributed by atoms with Gasteiger partial charge in [-0.1, -0.05) is 0 Å². The Morgan fingerprint density at radius 3 is 2.74 bits per heavy atom. The van der Waals surface area contributed by atoms with Crippen LogP contribution < -0.4 is 5.32 Å². The molecule has 0 amide bonds. The molecule has 7 heteroatoms. The van der Waals surface area contributed by atoms with E-state index >= 15 is 0 Å². The number of hydrogen-bond acceptors (Lipinski definition) is 4. The summed E-state index contributed by atoms with van der Waals surface area (Å²) in [5, 5.41) is 7.49. The number of aromatic nitrogens is 2. The Morgan fingerprint density at radius 1 is 1.43 bits per heavy atom. The van der Waals surface area contributed by atoms with Crippen LogP contribution >= 0.6 is 0 Å². The largest absolute Gasteiger partial charge is 0.466 e. The lowest BCUT2D eigenvalue weighted by Gasteiger charge is -2.33. The number of esters is 1. The number of ether oxygens (including phenoxy) is 1.